The molecule has 0 heterocycles. The molecule has 0 atom stereocenters. The monoisotopic (exact) mass is 302 g/mol. The first-order valence-corrected chi connectivity index (χ1v) is 10.5. The molecule has 112 valence electrons. The molecular weight excluding hydrogens is 280 g/mol. The molecule has 0 bridgehead atoms. The molecule has 3 nitrogen and oxygen atoms in total. The summed E-state index contributed by atoms with van der Waals surface area (Å²) in [6, 6.07) is 7.73. The van der Waals surface area contributed by atoms with Crippen LogP contribution < -0.4 is 4.74 Å². The lowest BCUT2D eigenvalue weighted by atomic mass is 10.2. The maximum Gasteiger partial charge on any atom is 0.330 e. The van der Waals surface area contributed by atoms with Crippen molar-refractivity contribution < 1.29 is 14.3 Å². The lowest BCUT2D eigenvalue weighted by Gasteiger charge is -2.06. The van der Waals surface area contributed by atoms with Gasteiger partial charge in [0.2, 0.25) is 0 Å². The van der Waals surface area contributed by atoms with Gasteiger partial charge in [-0.15, -0.1) is 5.54 Å². The van der Waals surface area contributed by atoms with E-state index in [4.69, 9.17) is 9.47 Å². The summed E-state index contributed by atoms with van der Waals surface area (Å²) in [4.78, 5) is 10.8. The van der Waals surface area contributed by atoms with Crippen LogP contribution in [0.25, 0.3) is 0 Å². The molecule has 0 amide bonds. The minimum Gasteiger partial charge on any atom is -0.493 e. The van der Waals surface area contributed by atoms with Crippen molar-refractivity contribution in [1.29, 1.82) is 0 Å². The number of carbonyl (C=O) groups excluding carboxylic acids is 1. The molecule has 0 fully saturated rings. The van der Waals surface area contributed by atoms with Crippen LogP contribution in [0.15, 0.2) is 36.9 Å². The molecule has 1 rings (SSSR count). The molecule has 1 aromatic carbocycles. The highest BCUT2D eigenvalue weighted by atomic mass is 28.3. The molecule has 0 aliphatic carbocycles. The number of rotatable bonds is 6. The van der Waals surface area contributed by atoms with Crippen molar-refractivity contribution in [1.82, 2.24) is 0 Å². The van der Waals surface area contributed by atoms with Crippen LogP contribution in [0.2, 0.25) is 19.6 Å². The Morgan fingerprint density at radius 1 is 1.24 bits per heavy atom. The fourth-order valence-corrected chi connectivity index (χ4v) is 1.89. The van der Waals surface area contributed by atoms with E-state index in [1.807, 2.05) is 24.3 Å². The van der Waals surface area contributed by atoms with Gasteiger partial charge in [0.15, 0.2) is 0 Å². The first-order chi connectivity index (χ1) is 9.90. The zero-order chi connectivity index (χ0) is 15.7. The lowest BCUT2D eigenvalue weighted by Crippen LogP contribution is -2.16. The minimum atomic E-state index is -1.34. The Labute approximate surface area is 128 Å². The van der Waals surface area contributed by atoms with Gasteiger partial charge in [0, 0.05) is 18.1 Å². The van der Waals surface area contributed by atoms with E-state index in [1.54, 1.807) is 0 Å². The quantitative estimate of drug-likeness (QED) is 0.265. The smallest absolute Gasteiger partial charge is 0.330 e. The Balaban J connectivity index is 2.36. The van der Waals surface area contributed by atoms with Crippen molar-refractivity contribution in [3.8, 4) is 17.2 Å². The minimum absolute atomic E-state index is 0.338. The van der Waals surface area contributed by atoms with Crippen LogP contribution in [0.3, 0.4) is 0 Å². The zero-order valence-electron chi connectivity index (χ0n) is 12.9. The van der Waals surface area contributed by atoms with Gasteiger partial charge >= 0.3 is 5.97 Å². The number of benzene rings is 1. The first-order valence-electron chi connectivity index (χ1n) is 6.96. The molecule has 0 N–H and O–H groups in total. The van der Waals surface area contributed by atoms with Crippen LogP contribution in [-0.4, -0.2) is 27.3 Å². The zero-order valence-corrected chi connectivity index (χ0v) is 13.9. The summed E-state index contributed by atoms with van der Waals surface area (Å²) < 4.78 is 10.4. The van der Waals surface area contributed by atoms with Crippen molar-refractivity contribution in [3.05, 3.63) is 42.5 Å². The van der Waals surface area contributed by atoms with E-state index in [2.05, 4.69) is 37.7 Å². The second-order valence-electron chi connectivity index (χ2n) is 5.60. The van der Waals surface area contributed by atoms with Gasteiger partial charge in [0.25, 0.3) is 0 Å². The van der Waals surface area contributed by atoms with Crippen molar-refractivity contribution in [2.45, 2.75) is 26.1 Å². The number of carbonyl (C=O) groups is 1. The molecule has 0 unspecified atom stereocenters. The third-order valence-electron chi connectivity index (χ3n) is 2.40. The van der Waals surface area contributed by atoms with Gasteiger partial charge < -0.3 is 9.47 Å². The highest BCUT2D eigenvalue weighted by Crippen LogP contribution is 2.12. The molecule has 4 heteroatoms. The van der Waals surface area contributed by atoms with E-state index in [0.29, 0.717) is 19.6 Å². The van der Waals surface area contributed by atoms with Crippen LogP contribution in [0.4, 0.5) is 0 Å². The van der Waals surface area contributed by atoms with Crippen LogP contribution in [0, 0.1) is 11.5 Å². The van der Waals surface area contributed by atoms with E-state index in [9.17, 15) is 4.79 Å². The van der Waals surface area contributed by atoms with E-state index in [0.717, 1.165) is 17.4 Å². The largest absolute Gasteiger partial charge is 0.493 e. The molecule has 0 spiro atoms. The molecule has 0 aliphatic rings. The Hall–Kier alpha value is -1.99. The fraction of sp³-hybridized carbons (Fsp3) is 0.353. The summed E-state index contributed by atoms with van der Waals surface area (Å²) in [5, 5.41) is 0. The summed E-state index contributed by atoms with van der Waals surface area (Å²) in [5.74, 6) is 3.59. The van der Waals surface area contributed by atoms with Gasteiger partial charge in [-0.2, -0.15) is 0 Å². The molecule has 1 aromatic rings. The molecule has 0 radical (unpaired) electrons. The normalized spacial score (nSPS) is 10.2. The number of ether oxygens (including phenoxy) is 2. The third-order valence-corrected chi connectivity index (χ3v) is 3.28. The third kappa shape index (κ3) is 8.01. The van der Waals surface area contributed by atoms with E-state index < -0.39 is 14.0 Å². The average molecular weight is 302 g/mol. The molecule has 0 saturated heterocycles. The van der Waals surface area contributed by atoms with Crippen LogP contribution >= 0.6 is 0 Å². The van der Waals surface area contributed by atoms with Crippen molar-refractivity contribution >= 4 is 14.0 Å². The SMILES string of the molecule is C=CC(=O)OCCCOc1ccc(C#C[Si](C)(C)C)cc1. The lowest BCUT2D eigenvalue weighted by molar-refractivity contribution is -0.137. The maximum absolute atomic E-state index is 10.8. The van der Waals surface area contributed by atoms with Crippen molar-refractivity contribution in [3.63, 3.8) is 0 Å². The Kier molecular flexibility index (Phi) is 6.77. The van der Waals surface area contributed by atoms with Gasteiger partial charge in [-0.25, -0.2) is 4.79 Å². The second-order valence-corrected chi connectivity index (χ2v) is 10.3. The molecule has 0 aromatic heterocycles. The second kappa shape index (κ2) is 8.33. The Morgan fingerprint density at radius 2 is 1.90 bits per heavy atom. The topological polar surface area (TPSA) is 35.5 Å². The van der Waals surface area contributed by atoms with Crippen molar-refractivity contribution in [2.24, 2.45) is 0 Å². The van der Waals surface area contributed by atoms with E-state index >= 15 is 0 Å². The molecule has 0 aliphatic heterocycles. The van der Waals surface area contributed by atoms with Crippen LogP contribution in [-0.2, 0) is 9.53 Å². The van der Waals surface area contributed by atoms with Gasteiger partial charge in [0.05, 0.1) is 13.2 Å². The highest BCUT2D eigenvalue weighted by Gasteiger charge is 2.07. The predicted octanol–water partition coefficient (Wildman–Crippen LogP) is 3.41. The summed E-state index contributed by atoms with van der Waals surface area (Å²) in [6.45, 7) is 10.8. The highest BCUT2D eigenvalue weighted by molar-refractivity contribution is 6.83. The van der Waals surface area contributed by atoms with Crippen LogP contribution in [0.1, 0.15) is 12.0 Å². The first kappa shape index (κ1) is 17.1. The van der Waals surface area contributed by atoms with Gasteiger partial charge in [0.1, 0.15) is 13.8 Å². The fourth-order valence-electron chi connectivity index (χ4n) is 1.37. The number of hydrogen-bond acceptors (Lipinski definition) is 3. The predicted molar refractivity (Wildman–Crippen MR) is 87.9 cm³/mol. The van der Waals surface area contributed by atoms with Gasteiger partial charge in [-0.3, -0.25) is 0 Å². The Bertz CT molecular complexity index is 530. The number of hydrogen-bond donors (Lipinski definition) is 0. The van der Waals surface area contributed by atoms with Crippen molar-refractivity contribution in [2.75, 3.05) is 13.2 Å². The number of esters is 1. The average Bonchev–Trinajstić information content (AvgIpc) is 2.45. The Morgan fingerprint density at radius 3 is 2.48 bits per heavy atom. The molecular formula is C17H22O3Si. The molecule has 0 saturated carbocycles. The van der Waals surface area contributed by atoms with E-state index in [1.165, 1.54) is 0 Å². The standard InChI is InChI=1S/C17H22O3Si/c1-5-17(18)20-13-6-12-19-16-9-7-15(8-10-16)11-14-21(2,3)4/h5,7-10H,1,6,12-13H2,2-4H3. The van der Waals surface area contributed by atoms with Gasteiger partial charge in [-0.1, -0.05) is 32.1 Å². The maximum atomic E-state index is 10.8. The van der Waals surface area contributed by atoms with Gasteiger partial charge in [-0.05, 0) is 24.3 Å². The summed E-state index contributed by atoms with van der Waals surface area (Å²) in [7, 11) is -1.34. The van der Waals surface area contributed by atoms with Crippen LogP contribution in [0.5, 0.6) is 5.75 Å². The summed E-state index contributed by atoms with van der Waals surface area (Å²) in [6.07, 6.45) is 1.80. The van der Waals surface area contributed by atoms with E-state index in [-0.39, 0.29) is 0 Å². The summed E-state index contributed by atoms with van der Waals surface area (Å²) in [5.41, 5.74) is 4.33. The summed E-state index contributed by atoms with van der Waals surface area (Å²) >= 11 is 0. The molecule has 21 heavy (non-hydrogen) atoms.